The van der Waals surface area contributed by atoms with Gasteiger partial charge in [-0.15, -0.1) is 0 Å². The van der Waals surface area contributed by atoms with E-state index in [4.69, 9.17) is 0 Å². The molecule has 2 amide bonds. The van der Waals surface area contributed by atoms with Crippen molar-refractivity contribution < 1.29 is 14.0 Å². The number of carbonyl (C=O) groups excluding carboxylic acids is 2. The lowest BCUT2D eigenvalue weighted by Gasteiger charge is -2.41. The first-order valence-electron chi connectivity index (χ1n) is 7.93. The van der Waals surface area contributed by atoms with E-state index in [9.17, 15) is 14.0 Å². The van der Waals surface area contributed by atoms with Crippen molar-refractivity contribution in [2.45, 2.75) is 13.0 Å². The van der Waals surface area contributed by atoms with Crippen LogP contribution in [0, 0.1) is 5.82 Å². The summed E-state index contributed by atoms with van der Waals surface area (Å²) in [5, 5.41) is 0. The molecule has 0 unspecified atom stereocenters. The molecule has 0 radical (unpaired) electrons. The van der Waals surface area contributed by atoms with Crippen LogP contribution >= 0.6 is 0 Å². The van der Waals surface area contributed by atoms with Gasteiger partial charge in [-0.25, -0.2) is 4.39 Å². The summed E-state index contributed by atoms with van der Waals surface area (Å²) < 4.78 is 13.5. The number of benzene rings is 2. The van der Waals surface area contributed by atoms with Gasteiger partial charge in [0, 0.05) is 32.1 Å². The summed E-state index contributed by atoms with van der Waals surface area (Å²) >= 11 is 0. The summed E-state index contributed by atoms with van der Waals surface area (Å²) in [5.74, 6) is -0.653. The molecule has 1 fully saturated rings. The molecule has 0 saturated carbocycles. The van der Waals surface area contributed by atoms with Crippen molar-refractivity contribution in [2.75, 3.05) is 19.6 Å². The summed E-state index contributed by atoms with van der Waals surface area (Å²) in [4.78, 5) is 28.1. The number of hydrogen-bond donors (Lipinski definition) is 0. The van der Waals surface area contributed by atoms with Crippen molar-refractivity contribution >= 4 is 11.8 Å². The Morgan fingerprint density at radius 3 is 2.46 bits per heavy atom. The molecule has 0 aromatic heterocycles. The topological polar surface area (TPSA) is 40.6 Å². The van der Waals surface area contributed by atoms with Crippen LogP contribution in [0.25, 0.3) is 0 Å². The van der Waals surface area contributed by atoms with E-state index in [-0.39, 0.29) is 17.9 Å². The minimum Gasteiger partial charge on any atom is -0.339 e. The zero-order valence-corrected chi connectivity index (χ0v) is 13.5. The molecule has 1 aliphatic heterocycles. The van der Waals surface area contributed by atoms with Crippen molar-refractivity contribution in [2.24, 2.45) is 0 Å². The van der Waals surface area contributed by atoms with Crippen LogP contribution < -0.4 is 0 Å². The number of rotatable bonds is 2. The van der Waals surface area contributed by atoms with Crippen LogP contribution in [0.3, 0.4) is 0 Å². The second-order valence-corrected chi connectivity index (χ2v) is 5.90. The molecular weight excluding hydrogens is 307 g/mol. The fraction of sp³-hybridized carbons (Fsp3) is 0.263. The standard InChI is InChI=1S/C19H19FN2O2/c1-14(23)21-10-11-22(18(13-21)15-6-3-2-4-7-15)19(24)16-8-5-9-17(20)12-16/h2-9,12,18H,10-11,13H2,1H3/t18-/m1/s1. The van der Waals surface area contributed by atoms with Gasteiger partial charge in [0.1, 0.15) is 5.82 Å². The number of amides is 2. The van der Waals surface area contributed by atoms with Crippen molar-refractivity contribution in [1.82, 2.24) is 9.80 Å². The summed E-state index contributed by atoms with van der Waals surface area (Å²) in [5.41, 5.74) is 1.29. The molecule has 4 nitrogen and oxygen atoms in total. The van der Waals surface area contributed by atoms with E-state index in [0.717, 1.165) is 5.56 Å². The van der Waals surface area contributed by atoms with Gasteiger partial charge in [0.2, 0.25) is 5.91 Å². The average Bonchev–Trinajstić information content (AvgIpc) is 2.61. The van der Waals surface area contributed by atoms with E-state index < -0.39 is 5.82 Å². The molecule has 24 heavy (non-hydrogen) atoms. The predicted molar refractivity (Wildman–Crippen MR) is 88.9 cm³/mol. The highest BCUT2D eigenvalue weighted by Gasteiger charge is 2.33. The minimum absolute atomic E-state index is 0.00575. The Morgan fingerprint density at radius 1 is 1.04 bits per heavy atom. The third kappa shape index (κ3) is 3.30. The molecule has 0 spiro atoms. The van der Waals surface area contributed by atoms with E-state index in [0.29, 0.717) is 25.2 Å². The van der Waals surface area contributed by atoms with Gasteiger partial charge in [0.15, 0.2) is 0 Å². The zero-order chi connectivity index (χ0) is 17.1. The molecule has 1 saturated heterocycles. The van der Waals surface area contributed by atoms with Crippen LogP contribution in [-0.2, 0) is 4.79 Å². The van der Waals surface area contributed by atoms with Gasteiger partial charge in [-0.2, -0.15) is 0 Å². The van der Waals surface area contributed by atoms with Crippen molar-refractivity contribution in [3.8, 4) is 0 Å². The molecule has 0 bridgehead atoms. The molecule has 5 heteroatoms. The van der Waals surface area contributed by atoms with E-state index >= 15 is 0 Å². The number of hydrogen-bond acceptors (Lipinski definition) is 2. The Labute approximate surface area is 140 Å². The van der Waals surface area contributed by atoms with Gasteiger partial charge in [-0.1, -0.05) is 36.4 Å². The Kier molecular flexibility index (Phi) is 4.60. The first-order chi connectivity index (χ1) is 11.6. The normalized spacial score (nSPS) is 17.7. The third-order valence-electron chi connectivity index (χ3n) is 4.34. The van der Waals surface area contributed by atoms with E-state index in [1.165, 1.54) is 25.1 Å². The van der Waals surface area contributed by atoms with Gasteiger partial charge in [-0.05, 0) is 23.8 Å². The second kappa shape index (κ2) is 6.83. The van der Waals surface area contributed by atoms with Crippen LogP contribution in [0.15, 0.2) is 54.6 Å². The first-order valence-corrected chi connectivity index (χ1v) is 7.93. The Balaban J connectivity index is 1.92. The fourth-order valence-corrected chi connectivity index (χ4v) is 3.06. The van der Waals surface area contributed by atoms with Crippen LogP contribution in [0.1, 0.15) is 28.9 Å². The quantitative estimate of drug-likeness (QED) is 0.851. The number of halogens is 1. The molecule has 124 valence electrons. The van der Waals surface area contributed by atoms with Gasteiger partial charge in [0.05, 0.1) is 6.04 Å². The van der Waals surface area contributed by atoms with Crippen molar-refractivity contribution in [3.63, 3.8) is 0 Å². The summed E-state index contributed by atoms with van der Waals surface area (Å²) in [7, 11) is 0. The molecule has 2 aromatic rings. The SMILES string of the molecule is CC(=O)N1CCN(C(=O)c2cccc(F)c2)[C@@H](c2ccccc2)C1. The molecule has 3 rings (SSSR count). The summed E-state index contributed by atoms with van der Waals surface area (Å²) in [6.07, 6.45) is 0. The molecular formula is C19H19FN2O2. The Morgan fingerprint density at radius 2 is 1.79 bits per heavy atom. The van der Waals surface area contributed by atoms with E-state index in [2.05, 4.69) is 0 Å². The zero-order valence-electron chi connectivity index (χ0n) is 13.5. The maximum atomic E-state index is 13.5. The third-order valence-corrected chi connectivity index (χ3v) is 4.34. The molecule has 0 aliphatic carbocycles. The molecule has 1 heterocycles. The van der Waals surface area contributed by atoms with Crippen LogP contribution in [-0.4, -0.2) is 41.2 Å². The average molecular weight is 326 g/mol. The Bertz CT molecular complexity index is 748. The lowest BCUT2D eigenvalue weighted by molar-refractivity contribution is -0.131. The minimum atomic E-state index is -0.431. The molecule has 1 atom stereocenters. The fourth-order valence-electron chi connectivity index (χ4n) is 3.06. The largest absolute Gasteiger partial charge is 0.339 e. The Hall–Kier alpha value is -2.69. The highest BCUT2D eigenvalue weighted by molar-refractivity contribution is 5.94. The molecule has 2 aromatic carbocycles. The van der Waals surface area contributed by atoms with Gasteiger partial charge in [0.25, 0.3) is 5.91 Å². The number of nitrogens with zero attached hydrogens (tertiary/aromatic N) is 2. The van der Waals surface area contributed by atoms with Crippen LogP contribution in [0.4, 0.5) is 4.39 Å². The van der Waals surface area contributed by atoms with Crippen molar-refractivity contribution in [1.29, 1.82) is 0 Å². The number of carbonyl (C=O) groups is 2. The molecule has 1 aliphatic rings. The number of piperazine rings is 1. The molecule has 0 N–H and O–H groups in total. The van der Waals surface area contributed by atoms with E-state index in [1.54, 1.807) is 15.9 Å². The van der Waals surface area contributed by atoms with Gasteiger partial charge < -0.3 is 9.80 Å². The highest BCUT2D eigenvalue weighted by Crippen LogP contribution is 2.27. The van der Waals surface area contributed by atoms with Crippen LogP contribution in [0.2, 0.25) is 0 Å². The summed E-state index contributed by atoms with van der Waals surface area (Å²) in [6, 6.07) is 15.1. The van der Waals surface area contributed by atoms with Crippen molar-refractivity contribution in [3.05, 3.63) is 71.5 Å². The predicted octanol–water partition coefficient (Wildman–Crippen LogP) is 2.87. The smallest absolute Gasteiger partial charge is 0.254 e. The van der Waals surface area contributed by atoms with E-state index in [1.807, 2.05) is 30.3 Å². The monoisotopic (exact) mass is 326 g/mol. The first kappa shape index (κ1) is 16.2. The maximum Gasteiger partial charge on any atom is 0.254 e. The van der Waals surface area contributed by atoms with Crippen LogP contribution in [0.5, 0.6) is 0 Å². The summed E-state index contributed by atoms with van der Waals surface area (Å²) in [6.45, 7) is 2.89. The van der Waals surface area contributed by atoms with Gasteiger partial charge >= 0.3 is 0 Å². The second-order valence-electron chi connectivity index (χ2n) is 5.90. The lowest BCUT2D eigenvalue weighted by atomic mass is 10.0. The lowest BCUT2D eigenvalue weighted by Crippen LogP contribution is -2.51. The van der Waals surface area contributed by atoms with Gasteiger partial charge in [-0.3, -0.25) is 9.59 Å². The maximum absolute atomic E-state index is 13.5. The highest BCUT2D eigenvalue weighted by atomic mass is 19.1.